The Bertz CT molecular complexity index is 1320. The molecule has 1 fully saturated rings. The zero-order chi connectivity index (χ0) is 27.4. The number of hydrogen-bond donors (Lipinski definition) is 0. The van der Waals surface area contributed by atoms with Gasteiger partial charge in [0.15, 0.2) is 5.76 Å². The van der Waals surface area contributed by atoms with E-state index in [1.807, 2.05) is 4.90 Å². The third-order valence-corrected chi connectivity index (χ3v) is 7.90. The van der Waals surface area contributed by atoms with Crippen molar-refractivity contribution in [3.63, 3.8) is 0 Å². The number of carbonyl (C=O) groups is 1. The Labute approximate surface area is 232 Å². The van der Waals surface area contributed by atoms with E-state index >= 15 is 0 Å². The number of fused-ring (bicyclic) bond motifs is 1. The highest BCUT2D eigenvalue weighted by atomic mass is 16.5. The lowest BCUT2D eigenvalue weighted by atomic mass is 9.86. The van der Waals surface area contributed by atoms with E-state index in [1.165, 1.54) is 27.8 Å². The van der Waals surface area contributed by atoms with Crippen LogP contribution < -0.4 is 9.47 Å². The Kier molecular flexibility index (Phi) is 8.41. The minimum atomic E-state index is -0.0127. The lowest BCUT2D eigenvalue weighted by molar-refractivity contribution is 0.0616. The zero-order valence-corrected chi connectivity index (χ0v) is 23.7. The predicted octanol–water partition coefficient (Wildman–Crippen LogP) is 6.24. The highest BCUT2D eigenvalue weighted by Crippen LogP contribution is 2.34. The van der Waals surface area contributed by atoms with E-state index in [-0.39, 0.29) is 5.91 Å². The number of carbonyl (C=O) groups excluding carboxylic acids is 1. The Hall–Kier alpha value is -3.51. The Morgan fingerprint density at radius 2 is 1.85 bits per heavy atom. The van der Waals surface area contributed by atoms with Gasteiger partial charge in [-0.3, -0.25) is 9.69 Å². The van der Waals surface area contributed by atoms with Crippen molar-refractivity contribution >= 4 is 11.5 Å². The highest BCUT2D eigenvalue weighted by Gasteiger charge is 2.25. The summed E-state index contributed by atoms with van der Waals surface area (Å²) < 4.78 is 17.2. The van der Waals surface area contributed by atoms with Crippen molar-refractivity contribution in [1.29, 1.82) is 0 Å². The molecule has 1 saturated heterocycles. The zero-order valence-electron chi connectivity index (χ0n) is 23.7. The van der Waals surface area contributed by atoms with E-state index in [0.29, 0.717) is 18.3 Å². The molecule has 0 N–H and O–H groups in total. The van der Waals surface area contributed by atoms with E-state index in [0.717, 1.165) is 69.0 Å². The van der Waals surface area contributed by atoms with E-state index in [4.69, 9.17) is 13.9 Å². The first-order chi connectivity index (χ1) is 18.9. The van der Waals surface area contributed by atoms with Crippen LogP contribution in [-0.4, -0.2) is 55.5 Å². The SMILES string of the molecule is COc1cc(CC(C)C)ccc1COc1ccc2c(c1)CCC(CN1CCN(C(=O)c3ccco3)CC1)=C2C. The highest BCUT2D eigenvalue weighted by molar-refractivity contribution is 5.91. The summed E-state index contributed by atoms with van der Waals surface area (Å²) >= 11 is 0. The van der Waals surface area contributed by atoms with E-state index in [2.05, 4.69) is 62.1 Å². The van der Waals surface area contributed by atoms with Crippen molar-refractivity contribution in [3.05, 3.63) is 88.4 Å². The number of allylic oxidation sites excluding steroid dienone is 1. The predicted molar refractivity (Wildman–Crippen MR) is 154 cm³/mol. The maximum atomic E-state index is 12.6. The average molecular weight is 529 g/mol. The minimum Gasteiger partial charge on any atom is -0.496 e. The van der Waals surface area contributed by atoms with Crippen molar-refractivity contribution in [1.82, 2.24) is 9.80 Å². The number of piperazine rings is 1. The maximum Gasteiger partial charge on any atom is 0.289 e. The van der Waals surface area contributed by atoms with Crippen molar-refractivity contribution in [3.8, 4) is 11.5 Å². The molecule has 1 aliphatic carbocycles. The molecule has 1 aliphatic heterocycles. The summed E-state index contributed by atoms with van der Waals surface area (Å²) in [4.78, 5) is 16.9. The molecule has 2 aliphatic rings. The number of benzene rings is 2. The van der Waals surface area contributed by atoms with Gasteiger partial charge in [-0.15, -0.1) is 0 Å². The third-order valence-electron chi connectivity index (χ3n) is 7.90. The smallest absolute Gasteiger partial charge is 0.289 e. The van der Waals surface area contributed by atoms with Gasteiger partial charge in [-0.25, -0.2) is 0 Å². The molecule has 2 aromatic carbocycles. The summed E-state index contributed by atoms with van der Waals surface area (Å²) in [6.07, 6.45) is 4.67. The fraction of sp³-hybridized carbons (Fsp3) is 0.424. The fourth-order valence-electron chi connectivity index (χ4n) is 5.70. The van der Waals surface area contributed by atoms with Crippen molar-refractivity contribution in [2.24, 2.45) is 5.92 Å². The molecule has 6 nitrogen and oxygen atoms in total. The number of amides is 1. The minimum absolute atomic E-state index is 0.0127. The van der Waals surface area contributed by atoms with Gasteiger partial charge in [0.25, 0.3) is 5.91 Å². The van der Waals surface area contributed by atoms with Crippen LogP contribution >= 0.6 is 0 Å². The van der Waals surface area contributed by atoms with Crippen molar-refractivity contribution in [2.75, 3.05) is 39.8 Å². The normalized spacial score (nSPS) is 16.0. The first kappa shape index (κ1) is 27.1. The molecular formula is C33H40N2O4. The quantitative estimate of drug-likeness (QED) is 0.329. The fourth-order valence-corrected chi connectivity index (χ4v) is 5.70. The van der Waals surface area contributed by atoms with Gasteiger partial charge in [0, 0.05) is 38.3 Å². The molecule has 0 spiro atoms. The molecule has 1 aromatic heterocycles. The Morgan fingerprint density at radius 3 is 2.56 bits per heavy atom. The van der Waals surface area contributed by atoms with Crippen molar-refractivity contribution in [2.45, 2.75) is 46.6 Å². The number of rotatable bonds is 9. The van der Waals surface area contributed by atoms with Crippen LogP contribution in [0.2, 0.25) is 0 Å². The molecule has 3 aromatic rings. The molecule has 5 rings (SSSR count). The van der Waals surface area contributed by atoms with Crippen LogP contribution in [0.1, 0.15) is 60.0 Å². The largest absolute Gasteiger partial charge is 0.496 e. The average Bonchev–Trinajstić information content (AvgIpc) is 3.49. The molecule has 206 valence electrons. The summed E-state index contributed by atoms with van der Waals surface area (Å²) in [6, 6.07) is 16.4. The van der Waals surface area contributed by atoms with Crippen LogP contribution in [0.4, 0.5) is 0 Å². The second-order valence-corrected chi connectivity index (χ2v) is 11.1. The summed E-state index contributed by atoms with van der Waals surface area (Å²) in [7, 11) is 1.73. The third kappa shape index (κ3) is 6.39. The topological polar surface area (TPSA) is 55.2 Å². The summed E-state index contributed by atoms with van der Waals surface area (Å²) in [6.45, 7) is 11.4. The summed E-state index contributed by atoms with van der Waals surface area (Å²) in [5, 5.41) is 0. The molecular weight excluding hydrogens is 488 g/mol. The number of aryl methyl sites for hydroxylation is 1. The summed E-state index contributed by atoms with van der Waals surface area (Å²) in [5.41, 5.74) is 7.90. The van der Waals surface area contributed by atoms with E-state index < -0.39 is 0 Å². The van der Waals surface area contributed by atoms with Gasteiger partial charge in [-0.05, 0) is 84.7 Å². The molecule has 0 atom stereocenters. The second kappa shape index (κ2) is 12.1. The standard InChI is InChI=1S/C33H40N2O4/c1-23(2)18-25-7-8-28(32(19-25)37-4)22-39-29-11-12-30-24(3)27(10-9-26(30)20-29)21-34-13-15-35(16-14-34)33(36)31-6-5-17-38-31/h5-8,11-12,17,19-20,23H,9-10,13-16,18,21-22H2,1-4H3. The van der Waals surface area contributed by atoms with E-state index in [9.17, 15) is 4.79 Å². The number of furan rings is 1. The van der Waals surface area contributed by atoms with Gasteiger partial charge in [0.05, 0.1) is 13.4 Å². The molecule has 0 saturated carbocycles. The molecule has 1 amide bonds. The number of hydrogen-bond acceptors (Lipinski definition) is 5. The molecule has 2 heterocycles. The molecule has 6 heteroatoms. The number of ether oxygens (including phenoxy) is 2. The maximum absolute atomic E-state index is 12.6. The summed E-state index contributed by atoms with van der Waals surface area (Å²) in [5.74, 6) is 2.81. The second-order valence-electron chi connectivity index (χ2n) is 11.1. The molecule has 0 radical (unpaired) electrons. The molecule has 39 heavy (non-hydrogen) atoms. The van der Waals surface area contributed by atoms with Gasteiger partial charge in [-0.2, -0.15) is 0 Å². The van der Waals surface area contributed by atoms with Crippen molar-refractivity contribution < 1.29 is 18.7 Å². The van der Waals surface area contributed by atoms with Crippen LogP contribution in [0, 0.1) is 5.92 Å². The van der Waals surface area contributed by atoms with Crippen LogP contribution in [0.5, 0.6) is 11.5 Å². The number of nitrogens with zero attached hydrogens (tertiary/aromatic N) is 2. The molecule has 0 bridgehead atoms. The lowest BCUT2D eigenvalue weighted by Gasteiger charge is -2.35. The number of methoxy groups -OCH3 is 1. The first-order valence-electron chi connectivity index (χ1n) is 14.1. The monoisotopic (exact) mass is 528 g/mol. The Morgan fingerprint density at radius 1 is 1.03 bits per heavy atom. The lowest BCUT2D eigenvalue weighted by Crippen LogP contribution is -2.49. The Balaban J connectivity index is 1.18. The van der Waals surface area contributed by atoms with Gasteiger partial charge < -0.3 is 18.8 Å². The van der Waals surface area contributed by atoms with E-state index in [1.54, 1.807) is 25.5 Å². The first-order valence-corrected chi connectivity index (χ1v) is 14.1. The van der Waals surface area contributed by atoms with Crippen LogP contribution in [0.25, 0.3) is 5.57 Å². The van der Waals surface area contributed by atoms with Crippen LogP contribution in [-0.2, 0) is 19.4 Å². The van der Waals surface area contributed by atoms with Gasteiger partial charge in [0.1, 0.15) is 18.1 Å². The van der Waals surface area contributed by atoms with Gasteiger partial charge in [0.2, 0.25) is 0 Å². The molecule has 0 unspecified atom stereocenters. The van der Waals surface area contributed by atoms with Gasteiger partial charge >= 0.3 is 0 Å². The van der Waals surface area contributed by atoms with Crippen LogP contribution in [0.15, 0.2) is 64.8 Å². The van der Waals surface area contributed by atoms with Crippen LogP contribution in [0.3, 0.4) is 0 Å². The van der Waals surface area contributed by atoms with Gasteiger partial charge in [-0.1, -0.05) is 37.6 Å².